The highest BCUT2D eigenvalue weighted by molar-refractivity contribution is 5.86. The first-order valence-electron chi connectivity index (χ1n) is 14.3. The number of piperazine rings is 1. The number of aliphatic hydroxyl groups is 1. The molecule has 0 spiro atoms. The Morgan fingerprint density at radius 1 is 1.00 bits per heavy atom. The number of nitrogens with zero attached hydrogens (tertiary/aromatic N) is 4. The molecule has 3 aliphatic rings. The minimum Gasteiger partial charge on any atom is -0.389 e. The predicted molar refractivity (Wildman–Crippen MR) is 159 cm³/mol. The van der Waals surface area contributed by atoms with Gasteiger partial charge in [-0.1, -0.05) is 96.6 Å². The minimum absolute atomic E-state index is 0.0276. The molecular weight excluding hydrogens is 514 g/mol. The fourth-order valence-electron chi connectivity index (χ4n) is 6.35. The number of carbonyl (C=O) groups is 2. The normalized spacial score (nSPS) is 23.4. The van der Waals surface area contributed by atoms with Gasteiger partial charge in [0.15, 0.2) is 0 Å². The summed E-state index contributed by atoms with van der Waals surface area (Å²) >= 11 is 0. The number of amides is 3. The summed E-state index contributed by atoms with van der Waals surface area (Å²) in [6.07, 6.45) is 6.19. The maximum atomic E-state index is 13.7. The van der Waals surface area contributed by atoms with Crippen LogP contribution in [-0.2, 0) is 17.9 Å². The molecule has 3 atom stereocenters. The standard InChI is InChI=1S/C33H37N5O3/c1-35-23-32(40)37-28(18-24-14-16-29(39)17-15-24)21-36(20-27-12-7-11-26-10-5-6-13-30(26)27)22-31(37)38(35)33(41)34-19-25-8-3-2-4-9-25/h2-16,28-29,31,39H,17-23H2,1H3,(H,34,41)/t28-,29?,31-/m0/s1. The number of rotatable bonds is 6. The Kier molecular flexibility index (Phi) is 7.87. The number of nitrogens with one attached hydrogen (secondary N) is 1. The Hall–Kier alpha value is -3.98. The minimum atomic E-state index is -0.463. The molecule has 212 valence electrons. The third-order valence-corrected chi connectivity index (χ3v) is 8.30. The molecule has 1 aliphatic carbocycles. The van der Waals surface area contributed by atoms with Gasteiger partial charge in [-0.2, -0.15) is 0 Å². The molecule has 6 rings (SSSR count). The Balaban J connectivity index is 1.29. The largest absolute Gasteiger partial charge is 0.389 e. The highest BCUT2D eigenvalue weighted by Crippen LogP contribution is 2.31. The van der Waals surface area contributed by atoms with Gasteiger partial charge in [-0.15, -0.1) is 0 Å². The average Bonchev–Trinajstić information content (AvgIpc) is 2.98. The molecular formula is C33H37N5O3. The van der Waals surface area contributed by atoms with Crippen LogP contribution in [0.3, 0.4) is 0 Å². The van der Waals surface area contributed by atoms with E-state index in [9.17, 15) is 14.7 Å². The van der Waals surface area contributed by atoms with Crippen molar-refractivity contribution < 1.29 is 14.7 Å². The van der Waals surface area contributed by atoms with Gasteiger partial charge in [0.2, 0.25) is 5.91 Å². The van der Waals surface area contributed by atoms with E-state index < -0.39 is 12.3 Å². The summed E-state index contributed by atoms with van der Waals surface area (Å²) in [5.41, 5.74) is 3.36. The fourth-order valence-corrected chi connectivity index (χ4v) is 6.35. The highest BCUT2D eigenvalue weighted by Gasteiger charge is 2.47. The number of hydrogen-bond donors (Lipinski definition) is 2. The van der Waals surface area contributed by atoms with Gasteiger partial charge in [-0.25, -0.2) is 14.8 Å². The average molecular weight is 552 g/mol. The topological polar surface area (TPSA) is 79.4 Å². The van der Waals surface area contributed by atoms with E-state index in [1.165, 1.54) is 16.3 Å². The van der Waals surface area contributed by atoms with Crippen molar-refractivity contribution in [3.63, 3.8) is 0 Å². The summed E-state index contributed by atoms with van der Waals surface area (Å²) in [5.74, 6) is 0.0276. The van der Waals surface area contributed by atoms with Gasteiger partial charge < -0.3 is 15.3 Å². The van der Waals surface area contributed by atoms with Crippen LogP contribution in [0, 0.1) is 0 Å². The van der Waals surface area contributed by atoms with Crippen LogP contribution < -0.4 is 5.32 Å². The third kappa shape index (κ3) is 5.91. The van der Waals surface area contributed by atoms with Crippen LogP contribution >= 0.6 is 0 Å². The zero-order valence-corrected chi connectivity index (χ0v) is 23.4. The van der Waals surface area contributed by atoms with Crippen molar-refractivity contribution in [3.05, 3.63) is 108 Å². The molecule has 2 N–H and O–H groups in total. The maximum Gasteiger partial charge on any atom is 0.334 e. The molecule has 2 heterocycles. The van der Waals surface area contributed by atoms with Gasteiger partial charge in [-0.3, -0.25) is 9.69 Å². The molecule has 2 saturated heterocycles. The van der Waals surface area contributed by atoms with Crippen molar-refractivity contribution in [2.45, 2.75) is 44.2 Å². The van der Waals surface area contributed by atoms with Crippen molar-refractivity contribution >= 4 is 22.7 Å². The number of carbonyl (C=O) groups excluding carboxylic acids is 2. The lowest BCUT2D eigenvalue weighted by Gasteiger charge is -2.55. The summed E-state index contributed by atoms with van der Waals surface area (Å²) in [6, 6.07) is 24.3. The van der Waals surface area contributed by atoms with Crippen LogP contribution in [0.2, 0.25) is 0 Å². The number of urea groups is 1. The van der Waals surface area contributed by atoms with E-state index in [4.69, 9.17) is 0 Å². The molecule has 8 nitrogen and oxygen atoms in total. The fraction of sp³-hybridized carbons (Fsp3) is 0.333. The van der Waals surface area contributed by atoms with E-state index >= 15 is 0 Å². The molecule has 1 unspecified atom stereocenters. The Morgan fingerprint density at radius 2 is 1.78 bits per heavy atom. The molecule has 0 bridgehead atoms. The number of hydrazine groups is 1. The van der Waals surface area contributed by atoms with E-state index in [1.807, 2.05) is 54.4 Å². The lowest BCUT2D eigenvalue weighted by Crippen LogP contribution is -2.74. The Morgan fingerprint density at radius 3 is 2.59 bits per heavy atom. The van der Waals surface area contributed by atoms with E-state index in [1.54, 1.807) is 10.0 Å². The number of aliphatic hydroxyl groups excluding tert-OH is 1. The molecule has 0 aromatic heterocycles. The summed E-state index contributed by atoms with van der Waals surface area (Å²) in [6.45, 7) is 2.51. The summed E-state index contributed by atoms with van der Waals surface area (Å²) < 4.78 is 0. The molecule has 0 saturated carbocycles. The summed E-state index contributed by atoms with van der Waals surface area (Å²) in [5, 5.41) is 18.9. The van der Waals surface area contributed by atoms with E-state index in [2.05, 4.69) is 58.8 Å². The number of fused-ring (bicyclic) bond motifs is 2. The van der Waals surface area contributed by atoms with Gasteiger partial charge in [0, 0.05) is 33.2 Å². The molecule has 2 fully saturated rings. The smallest absolute Gasteiger partial charge is 0.334 e. The Labute approximate surface area is 241 Å². The zero-order chi connectivity index (χ0) is 28.3. The van der Waals surface area contributed by atoms with E-state index in [-0.39, 0.29) is 24.5 Å². The molecule has 3 aromatic carbocycles. The van der Waals surface area contributed by atoms with Crippen molar-refractivity contribution in [2.75, 3.05) is 26.7 Å². The van der Waals surface area contributed by atoms with Crippen molar-refractivity contribution in [3.8, 4) is 0 Å². The molecule has 8 heteroatoms. The van der Waals surface area contributed by atoms with Gasteiger partial charge in [0.05, 0.1) is 18.7 Å². The summed E-state index contributed by atoms with van der Waals surface area (Å²) in [7, 11) is 1.81. The van der Waals surface area contributed by atoms with Crippen LogP contribution in [0.5, 0.6) is 0 Å². The van der Waals surface area contributed by atoms with Crippen molar-refractivity contribution in [1.82, 2.24) is 25.1 Å². The van der Waals surface area contributed by atoms with Crippen LogP contribution in [-0.4, -0.2) is 81.9 Å². The van der Waals surface area contributed by atoms with E-state index in [0.717, 1.165) is 11.1 Å². The Bertz CT molecular complexity index is 1470. The monoisotopic (exact) mass is 551 g/mol. The second-order valence-corrected chi connectivity index (χ2v) is 11.2. The third-order valence-electron chi connectivity index (χ3n) is 8.30. The van der Waals surface area contributed by atoms with Crippen LogP contribution in [0.4, 0.5) is 4.79 Å². The SMILES string of the molecule is CN1CC(=O)N2[C@@H](CC3=CCC(O)C=C3)CN(Cc3cccc4ccccc34)C[C@@H]2N1C(=O)NCc1ccccc1. The second kappa shape index (κ2) is 11.9. The maximum absolute atomic E-state index is 13.7. The second-order valence-electron chi connectivity index (χ2n) is 11.2. The van der Waals surface area contributed by atoms with E-state index in [0.29, 0.717) is 39.0 Å². The predicted octanol–water partition coefficient (Wildman–Crippen LogP) is 3.89. The van der Waals surface area contributed by atoms with Gasteiger partial charge in [0.25, 0.3) is 0 Å². The highest BCUT2D eigenvalue weighted by atomic mass is 16.3. The lowest BCUT2D eigenvalue weighted by molar-refractivity contribution is -0.180. The van der Waals surface area contributed by atoms with Crippen molar-refractivity contribution in [1.29, 1.82) is 0 Å². The zero-order valence-electron chi connectivity index (χ0n) is 23.4. The van der Waals surface area contributed by atoms with Crippen LogP contribution in [0.15, 0.2) is 96.6 Å². The summed E-state index contributed by atoms with van der Waals surface area (Å²) in [4.78, 5) is 31.5. The number of likely N-dealkylation sites (N-methyl/N-ethyl adjacent to an activating group) is 1. The first kappa shape index (κ1) is 27.2. The molecule has 0 radical (unpaired) electrons. The molecule has 2 aliphatic heterocycles. The van der Waals surface area contributed by atoms with Gasteiger partial charge in [0.1, 0.15) is 6.17 Å². The molecule has 3 amide bonds. The number of allylic oxidation sites excluding steroid dienone is 1. The molecule has 41 heavy (non-hydrogen) atoms. The van der Waals surface area contributed by atoms with Crippen molar-refractivity contribution in [2.24, 2.45) is 0 Å². The van der Waals surface area contributed by atoms with Gasteiger partial charge >= 0.3 is 6.03 Å². The van der Waals surface area contributed by atoms with Gasteiger partial charge in [-0.05, 0) is 34.7 Å². The lowest BCUT2D eigenvalue weighted by atomic mass is 9.95. The van der Waals surface area contributed by atoms with Crippen LogP contribution in [0.25, 0.3) is 10.8 Å². The first-order chi connectivity index (χ1) is 20.0. The number of benzene rings is 3. The quantitative estimate of drug-likeness (QED) is 0.486. The first-order valence-corrected chi connectivity index (χ1v) is 14.3. The van der Waals surface area contributed by atoms with Crippen LogP contribution in [0.1, 0.15) is 24.0 Å². The molecule has 3 aromatic rings. The number of hydrogen-bond acceptors (Lipinski definition) is 5.